The first-order valence-electron chi connectivity index (χ1n) is 6.06. The Morgan fingerprint density at radius 2 is 2.29 bits per heavy atom. The maximum absolute atomic E-state index is 11.9. The maximum atomic E-state index is 11.9. The van der Waals surface area contributed by atoms with Gasteiger partial charge in [-0.15, -0.1) is 5.10 Å². The molecule has 0 fully saturated rings. The quantitative estimate of drug-likeness (QED) is 0.359. The van der Waals surface area contributed by atoms with Crippen LogP contribution in [0.25, 0.3) is 0 Å². The Balaban J connectivity index is 2.07. The number of carbonyl (C=O) groups is 1. The fraction of sp³-hybridized carbons (Fsp3) is 0.364. The van der Waals surface area contributed by atoms with Gasteiger partial charge < -0.3 is 4.98 Å². The molecule has 0 bridgehead atoms. The Labute approximate surface area is 122 Å². The van der Waals surface area contributed by atoms with Crippen molar-refractivity contribution in [2.45, 2.75) is 25.0 Å². The van der Waals surface area contributed by atoms with Crippen molar-refractivity contribution >= 4 is 23.2 Å². The van der Waals surface area contributed by atoms with Crippen LogP contribution in [-0.2, 0) is 0 Å². The van der Waals surface area contributed by atoms with E-state index in [1.54, 1.807) is 0 Å². The van der Waals surface area contributed by atoms with Crippen LogP contribution in [0.4, 0.5) is 5.69 Å². The molecule has 21 heavy (non-hydrogen) atoms. The predicted molar refractivity (Wildman–Crippen MR) is 75.7 cm³/mol. The summed E-state index contributed by atoms with van der Waals surface area (Å²) >= 11 is 1.10. The molecule has 9 nitrogen and oxygen atoms in total. The van der Waals surface area contributed by atoms with Gasteiger partial charge in [-0.1, -0.05) is 11.8 Å². The van der Waals surface area contributed by atoms with Crippen molar-refractivity contribution in [2.24, 2.45) is 0 Å². The summed E-state index contributed by atoms with van der Waals surface area (Å²) in [6.45, 7) is 3.66. The van der Waals surface area contributed by atoms with Gasteiger partial charge in [-0.25, -0.2) is 9.89 Å². The van der Waals surface area contributed by atoms with E-state index in [1.807, 2.05) is 13.8 Å². The zero-order valence-electron chi connectivity index (χ0n) is 11.3. The number of Topliss-reactive ketones (excluding diaryl/α,β-unsaturated/α-hetero) is 1. The topological polar surface area (TPSA) is 127 Å². The fourth-order valence-electron chi connectivity index (χ4n) is 1.70. The molecule has 0 aliphatic carbocycles. The van der Waals surface area contributed by atoms with Gasteiger partial charge in [-0.05, 0) is 13.8 Å². The van der Waals surface area contributed by atoms with Crippen LogP contribution in [0.1, 0.15) is 30.4 Å². The number of aromatic nitrogens is 4. The van der Waals surface area contributed by atoms with E-state index >= 15 is 0 Å². The number of nitro groups is 1. The Morgan fingerprint density at radius 3 is 2.86 bits per heavy atom. The summed E-state index contributed by atoms with van der Waals surface area (Å²) in [7, 11) is 0. The summed E-state index contributed by atoms with van der Waals surface area (Å²) in [4.78, 5) is 36.0. The zero-order chi connectivity index (χ0) is 15.6. The largest absolute Gasteiger partial charge is 0.353 e. The Kier molecular flexibility index (Phi) is 4.26. The van der Waals surface area contributed by atoms with Crippen LogP contribution in [0.15, 0.2) is 22.2 Å². The molecule has 2 N–H and O–H groups in total. The van der Waals surface area contributed by atoms with Crippen LogP contribution in [0, 0.1) is 10.1 Å². The summed E-state index contributed by atoms with van der Waals surface area (Å²) in [5, 5.41) is 17.1. The van der Waals surface area contributed by atoms with Gasteiger partial charge in [0, 0.05) is 12.1 Å². The molecule has 0 atom stereocenters. The summed E-state index contributed by atoms with van der Waals surface area (Å²) in [6, 6.07) is 1.10. The molecule has 0 saturated carbocycles. The number of thioether (sulfide) groups is 1. The molecule has 2 aromatic heterocycles. The average Bonchev–Trinajstić information content (AvgIpc) is 3.02. The van der Waals surface area contributed by atoms with Crippen LogP contribution < -0.4 is 5.69 Å². The lowest BCUT2D eigenvalue weighted by Crippen LogP contribution is -2.19. The molecule has 2 rings (SSSR count). The standard InChI is InChI=1S/C11H13N5O4S/c1-6(2)15-10(18)13-14-11(15)21-5-9(17)8-3-7(4-12-8)16(19)20/h3-4,6,12H,5H2,1-2H3,(H,13,18). The highest BCUT2D eigenvalue weighted by Gasteiger charge is 2.17. The highest BCUT2D eigenvalue weighted by molar-refractivity contribution is 7.99. The van der Waals surface area contributed by atoms with Gasteiger partial charge in [0.25, 0.3) is 5.69 Å². The van der Waals surface area contributed by atoms with Gasteiger partial charge in [0.15, 0.2) is 10.9 Å². The minimum Gasteiger partial charge on any atom is -0.353 e. The maximum Gasteiger partial charge on any atom is 0.344 e. The molecule has 0 radical (unpaired) electrons. The van der Waals surface area contributed by atoms with E-state index in [4.69, 9.17) is 0 Å². The first-order chi connectivity index (χ1) is 9.90. The van der Waals surface area contributed by atoms with E-state index in [-0.39, 0.29) is 34.6 Å². The van der Waals surface area contributed by atoms with Crippen LogP contribution in [0.2, 0.25) is 0 Å². The molecule has 0 amide bonds. The highest BCUT2D eigenvalue weighted by Crippen LogP contribution is 2.19. The van der Waals surface area contributed by atoms with E-state index in [2.05, 4.69) is 15.2 Å². The molecule has 0 aromatic carbocycles. The SMILES string of the molecule is CC(C)n1c(SCC(=O)c2cc([N+](=O)[O-])c[nH]2)n[nH]c1=O. The number of carbonyl (C=O) groups excluding carboxylic acids is 1. The van der Waals surface area contributed by atoms with E-state index in [0.29, 0.717) is 5.16 Å². The number of aromatic amines is 2. The number of rotatable bonds is 6. The molecule has 2 heterocycles. The van der Waals surface area contributed by atoms with Crippen molar-refractivity contribution in [3.05, 3.63) is 38.6 Å². The lowest BCUT2D eigenvalue weighted by molar-refractivity contribution is -0.384. The number of H-pyrrole nitrogens is 2. The lowest BCUT2D eigenvalue weighted by atomic mass is 10.3. The molecule has 0 aliphatic heterocycles. The molecule has 10 heteroatoms. The van der Waals surface area contributed by atoms with E-state index < -0.39 is 4.92 Å². The second kappa shape index (κ2) is 5.95. The summed E-state index contributed by atoms with van der Waals surface area (Å²) in [5.41, 5.74) is -0.346. The monoisotopic (exact) mass is 311 g/mol. The van der Waals surface area contributed by atoms with Crippen molar-refractivity contribution in [1.82, 2.24) is 19.7 Å². The Bertz CT molecular complexity index is 729. The number of nitrogens with one attached hydrogen (secondary N) is 2. The Morgan fingerprint density at radius 1 is 1.57 bits per heavy atom. The van der Waals surface area contributed by atoms with Crippen molar-refractivity contribution in [1.29, 1.82) is 0 Å². The first-order valence-corrected chi connectivity index (χ1v) is 7.04. The third-order valence-corrected chi connectivity index (χ3v) is 3.65. The summed E-state index contributed by atoms with van der Waals surface area (Å²) < 4.78 is 1.44. The van der Waals surface area contributed by atoms with E-state index in [0.717, 1.165) is 18.0 Å². The van der Waals surface area contributed by atoms with Crippen molar-refractivity contribution in [2.75, 3.05) is 5.75 Å². The molecular weight excluding hydrogens is 298 g/mol. The van der Waals surface area contributed by atoms with Crippen LogP contribution in [0.5, 0.6) is 0 Å². The minimum absolute atomic E-state index is 0.0225. The number of hydrogen-bond acceptors (Lipinski definition) is 6. The molecule has 2 aromatic rings. The highest BCUT2D eigenvalue weighted by atomic mass is 32.2. The molecule has 112 valence electrons. The summed E-state index contributed by atoms with van der Waals surface area (Å²) in [5.74, 6) is -0.284. The van der Waals surface area contributed by atoms with Crippen LogP contribution in [0.3, 0.4) is 0 Å². The molecule has 0 saturated heterocycles. The van der Waals surface area contributed by atoms with Gasteiger partial charge in [-0.2, -0.15) is 0 Å². The Hall–Kier alpha value is -2.36. The number of nitrogens with zero attached hydrogens (tertiary/aromatic N) is 3. The van der Waals surface area contributed by atoms with E-state index in [9.17, 15) is 19.7 Å². The molecular formula is C11H13N5O4S. The molecule has 0 unspecified atom stereocenters. The van der Waals surface area contributed by atoms with Crippen molar-refractivity contribution < 1.29 is 9.72 Å². The van der Waals surface area contributed by atoms with Gasteiger partial charge in [0.05, 0.1) is 22.6 Å². The molecule has 0 spiro atoms. The van der Waals surface area contributed by atoms with E-state index in [1.165, 1.54) is 10.6 Å². The van der Waals surface area contributed by atoms with Crippen molar-refractivity contribution in [3.63, 3.8) is 0 Å². The zero-order valence-corrected chi connectivity index (χ0v) is 12.1. The number of ketones is 1. The van der Waals surface area contributed by atoms with Gasteiger partial charge in [0.2, 0.25) is 0 Å². The van der Waals surface area contributed by atoms with Crippen LogP contribution in [-0.4, -0.2) is 36.2 Å². The molecule has 0 aliphatic rings. The summed E-state index contributed by atoms with van der Waals surface area (Å²) in [6.07, 6.45) is 1.16. The number of hydrogen-bond donors (Lipinski definition) is 2. The van der Waals surface area contributed by atoms with Gasteiger partial charge in [0.1, 0.15) is 0 Å². The van der Waals surface area contributed by atoms with Crippen LogP contribution >= 0.6 is 11.8 Å². The third-order valence-electron chi connectivity index (χ3n) is 2.70. The first kappa shape index (κ1) is 15.0. The van der Waals surface area contributed by atoms with Gasteiger partial charge >= 0.3 is 5.69 Å². The van der Waals surface area contributed by atoms with Gasteiger partial charge in [-0.3, -0.25) is 19.5 Å². The lowest BCUT2D eigenvalue weighted by Gasteiger charge is -2.07. The fourth-order valence-corrected chi connectivity index (χ4v) is 2.66. The normalized spacial score (nSPS) is 11.0. The smallest absolute Gasteiger partial charge is 0.344 e. The predicted octanol–water partition coefficient (Wildman–Crippen LogP) is 1.36. The average molecular weight is 311 g/mol. The third kappa shape index (κ3) is 3.21. The second-order valence-electron chi connectivity index (χ2n) is 4.52. The second-order valence-corrected chi connectivity index (χ2v) is 5.46. The minimum atomic E-state index is -0.579. The van der Waals surface area contributed by atoms with Crippen molar-refractivity contribution in [3.8, 4) is 0 Å².